The Labute approximate surface area is 197 Å². The van der Waals surface area contributed by atoms with Crippen LogP contribution in [0.25, 0.3) is 16.4 Å². The lowest BCUT2D eigenvalue weighted by molar-refractivity contribution is 0.412. The highest BCUT2D eigenvalue weighted by atomic mass is 79.9. The summed E-state index contributed by atoms with van der Waals surface area (Å²) in [5, 5.41) is 10.4. The number of thiophene rings is 1. The Morgan fingerprint density at radius 2 is 1.91 bits per heavy atom. The van der Waals surface area contributed by atoms with Crippen molar-refractivity contribution < 1.29 is 17.5 Å². The smallest absolute Gasteiger partial charge is 0.178 e. The minimum Gasteiger partial charge on any atom is -0.495 e. The first kappa shape index (κ1) is 22.6. The third kappa shape index (κ3) is 5.08. The number of nitrogens with zero attached hydrogens (tertiary/aromatic N) is 3. The first-order chi connectivity index (χ1) is 15.4. The second-order valence-electron chi connectivity index (χ2n) is 7.04. The Bertz CT molecular complexity index is 1320. The Balaban J connectivity index is 1.70. The molecule has 32 heavy (non-hydrogen) atoms. The lowest BCUT2D eigenvalue weighted by Gasteiger charge is -2.14. The molecule has 0 aliphatic carbocycles. The molecular formula is C22H19BrFN3O3S2. The van der Waals surface area contributed by atoms with Gasteiger partial charge in [0, 0.05) is 4.47 Å². The lowest BCUT2D eigenvalue weighted by atomic mass is 10.2. The van der Waals surface area contributed by atoms with Crippen LogP contribution in [0.4, 0.5) is 4.39 Å². The van der Waals surface area contributed by atoms with Gasteiger partial charge in [-0.05, 0) is 53.8 Å². The molecule has 10 heteroatoms. The van der Waals surface area contributed by atoms with Crippen molar-refractivity contribution in [2.45, 2.75) is 12.2 Å². The third-order valence-corrected chi connectivity index (χ3v) is 7.70. The maximum Gasteiger partial charge on any atom is 0.178 e. The van der Waals surface area contributed by atoms with E-state index in [0.29, 0.717) is 23.1 Å². The zero-order valence-electron chi connectivity index (χ0n) is 17.0. The highest BCUT2D eigenvalue weighted by molar-refractivity contribution is 9.10. The molecule has 0 radical (unpaired) electrons. The molecule has 2 aromatic carbocycles. The van der Waals surface area contributed by atoms with E-state index in [1.807, 2.05) is 29.6 Å². The van der Waals surface area contributed by atoms with E-state index in [2.05, 4.69) is 26.1 Å². The van der Waals surface area contributed by atoms with Gasteiger partial charge in [0.15, 0.2) is 21.5 Å². The van der Waals surface area contributed by atoms with Crippen LogP contribution in [0.15, 0.2) is 64.5 Å². The Morgan fingerprint density at radius 3 is 2.59 bits per heavy atom. The van der Waals surface area contributed by atoms with Crippen molar-refractivity contribution in [3.8, 4) is 22.1 Å². The fourth-order valence-electron chi connectivity index (χ4n) is 3.26. The first-order valence-corrected chi connectivity index (χ1v) is 13.1. The number of benzene rings is 2. The first-order valence-electron chi connectivity index (χ1n) is 9.63. The van der Waals surface area contributed by atoms with Gasteiger partial charge in [0.1, 0.15) is 17.3 Å². The number of ether oxygens (including phenoxy) is 1. The minimum absolute atomic E-state index is 0.0879. The number of aryl methyl sites for hydroxylation is 1. The molecule has 0 atom stereocenters. The number of halogens is 2. The van der Waals surface area contributed by atoms with Crippen molar-refractivity contribution in [1.29, 1.82) is 0 Å². The van der Waals surface area contributed by atoms with Gasteiger partial charge in [0.25, 0.3) is 0 Å². The van der Waals surface area contributed by atoms with Crippen molar-refractivity contribution in [1.82, 2.24) is 14.8 Å². The Morgan fingerprint density at radius 1 is 1.12 bits per heavy atom. The largest absolute Gasteiger partial charge is 0.495 e. The highest BCUT2D eigenvalue weighted by Crippen LogP contribution is 2.33. The van der Waals surface area contributed by atoms with E-state index in [9.17, 15) is 12.8 Å². The average molecular weight is 536 g/mol. The van der Waals surface area contributed by atoms with E-state index in [4.69, 9.17) is 4.74 Å². The normalized spacial score (nSPS) is 11.6. The van der Waals surface area contributed by atoms with Crippen LogP contribution in [0.3, 0.4) is 0 Å². The standard InChI is InChI=1S/C22H19BrFN3O3S2/c1-30-19-9-6-16(23)13-18(19)27-21(25-26-22(27)20-3-2-11-31-20)14-32(28,29)12-10-15-4-7-17(24)8-5-15/h2-9,11,13H,10,12,14H2,1H3. The summed E-state index contributed by atoms with van der Waals surface area (Å²) >= 11 is 4.96. The summed E-state index contributed by atoms with van der Waals surface area (Å²) in [7, 11) is -1.97. The van der Waals surface area contributed by atoms with Crippen LogP contribution in [-0.4, -0.2) is 36.0 Å². The zero-order chi connectivity index (χ0) is 22.7. The molecule has 0 bridgehead atoms. The van der Waals surface area contributed by atoms with Crippen LogP contribution >= 0.6 is 27.3 Å². The number of methoxy groups -OCH3 is 1. The molecule has 0 aliphatic heterocycles. The van der Waals surface area contributed by atoms with Gasteiger partial charge in [-0.3, -0.25) is 4.57 Å². The zero-order valence-corrected chi connectivity index (χ0v) is 20.3. The lowest BCUT2D eigenvalue weighted by Crippen LogP contribution is -2.15. The molecule has 4 aromatic rings. The predicted octanol–water partition coefficient (Wildman–Crippen LogP) is 5.06. The summed E-state index contributed by atoms with van der Waals surface area (Å²) < 4.78 is 47.1. The maximum absolute atomic E-state index is 13.1. The van der Waals surface area contributed by atoms with E-state index in [0.717, 1.165) is 14.9 Å². The van der Waals surface area contributed by atoms with Gasteiger partial charge in [-0.15, -0.1) is 21.5 Å². The van der Waals surface area contributed by atoms with Crippen molar-refractivity contribution in [3.63, 3.8) is 0 Å². The van der Waals surface area contributed by atoms with Crippen LogP contribution < -0.4 is 4.74 Å². The summed E-state index contributed by atoms with van der Waals surface area (Å²) in [5.74, 6) is 0.672. The van der Waals surface area contributed by atoms with Crippen LogP contribution in [0.2, 0.25) is 0 Å². The van der Waals surface area contributed by atoms with Gasteiger partial charge in [0.05, 0.1) is 23.4 Å². The summed E-state index contributed by atoms with van der Waals surface area (Å²) in [5.41, 5.74) is 1.39. The number of hydrogen-bond acceptors (Lipinski definition) is 6. The Hall–Kier alpha value is -2.56. The van der Waals surface area contributed by atoms with E-state index in [1.54, 1.807) is 29.9 Å². The van der Waals surface area contributed by atoms with Crippen molar-refractivity contribution in [2.24, 2.45) is 0 Å². The van der Waals surface area contributed by atoms with Gasteiger partial charge in [-0.1, -0.05) is 34.1 Å². The fraction of sp³-hybridized carbons (Fsp3) is 0.182. The number of hydrogen-bond donors (Lipinski definition) is 0. The van der Waals surface area contributed by atoms with Crippen molar-refractivity contribution >= 4 is 37.1 Å². The van der Waals surface area contributed by atoms with Crippen molar-refractivity contribution in [2.75, 3.05) is 12.9 Å². The van der Waals surface area contributed by atoms with Crippen LogP contribution in [-0.2, 0) is 22.0 Å². The molecule has 0 amide bonds. The summed E-state index contributed by atoms with van der Waals surface area (Å²) in [6.45, 7) is 0. The average Bonchev–Trinajstić information content (AvgIpc) is 3.43. The molecule has 0 spiro atoms. The van der Waals surface area contributed by atoms with Crippen LogP contribution in [0.5, 0.6) is 5.75 Å². The van der Waals surface area contributed by atoms with Gasteiger partial charge in [-0.25, -0.2) is 12.8 Å². The van der Waals surface area contributed by atoms with Gasteiger partial charge >= 0.3 is 0 Å². The molecule has 166 valence electrons. The molecule has 0 saturated heterocycles. The van der Waals surface area contributed by atoms with Gasteiger partial charge < -0.3 is 4.74 Å². The number of aromatic nitrogens is 3. The third-order valence-electron chi connectivity index (χ3n) is 4.82. The molecular weight excluding hydrogens is 517 g/mol. The monoisotopic (exact) mass is 535 g/mol. The number of rotatable bonds is 8. The molecule has 0 saturated carbocycles. The van der Waals surface area contributed by atoms with Crippen molar-refractivity contribution in [3.05, 3.63) is 81.7 Å². The van der Waals surface area contributed by atoms with Gasteiger partial charge in [0.2, 0.25) is 0 Å². The molecule has 6 nitrogen and oxygen atoms in total. The predicted molar refractivity (Wildman–Crippen MR) is 127 cm³/mol. The van der Waals surface area contributed by atoms with E-state index in [-0.39, 0.29) is 23.7 Å². The quantitative estimate of drug-likeness (QED) is 0.315. The van der Waals surface area contributed by atoms with Gasteiger partial charge in [-0.2, -0.15) is 0 Å². The topological polar surface area (TPSA) is 74.1 Å². The molecule has 2 aromatic heterocycles. The fourth-order valence-corrected chi connectivity index (χ4v) is 5.58. The second kappa shape index (κ2) is 9.51. The summed E-state index contributed by atoms with van der Waals surface area (Å²) in [6.07, 6.45) is 0.286. The second-order valence-corrected chi connectivity index (χ2v) is 11.1. The molecule has 0 N–H and O–H groups in total. The van der Waals surface area contributed by atoms with Crippen LogP contribution in [0, 0.1) is 5.82 Å². The SMILES string of the molecule is COc1ccc(Br)cc1-n1c(CS(=O)(=O)CCc2ccc(F)cc2)nnc1-c1cccs1. The summed E-state index contributed by atoms with van der Waals surface area (Å²) in [6, 6.07) is 15.1. The molecule has 0 aliphatic rings. The summed E-state index contributed by atoms with van der Waals surface area (Å²) in [4.78, 5) is 0.856. The van der Waals surface area contributed by atoms with E-state index >= 15 is 0 Å². The maximum atomic E-state index is 13.1. The highest BCUT2D eigenvalue weighted by Gasteiger charge is 2.24. The molecule has 0 fully saturated rings. The molecule has 4 rings (SSSR count). The minimum atomic E-state index is -3.52. The molecule has 0 unspecified atom stereocenters. The van der Waals surface area contributed by atoms with Crippen LogP contribution in [0.1, 0.15) is 11.4 Å². The van der Waals surface area contributed by atoms with E-state index in [1.165, 1.54) is 23.5 Å². The molecule has 2 heterocycles. The van der Waals surface area contributed by atoms with E-state index < -0.39 is 9.84 Å². The number of sulfone groups is 1. The Kier molecular flexibility index (Phi) is 6.73.